The molecule has 1 aromatic heterocycles. The van der Waals surface area contributed by atoms with Crippen LogP contribution in [0.1, 0.15) is 38.8 Å². The number of amides is 2. The highest BCUT2D eigenvalue weighted by Crippen LogP contribution is 2.40. The van der Waals surface area contributed by atoms with Crippen molar-refractivity contribution in [1.82, 2.24) is 9.88 Å². The molecule has 2 aromatic carbocycles. The predicted octanol–water partition coefficient (Wildman–Crippen LogP) is 4.80. The van der Waals surface area contributed by atoms with Crippen LogP contribution in [0.3, 0.4) is 0 Å². The minimum absolute atomic E-state index is 0.0271. The Kier molecular flexibility index (Phi) is 6.80. The summed E-state index contributed by atoms with van der Waals surface area (Å²) in [6.45, 7) is 1.75. The Hall–Kier alpha value is -3.60. The molecule has 1 fully saturated rings. The number of benzene rings is 2. The zero-order valence-electron chi connectivity index (χ0n) is 20.0. The molecule has 11 heteroatoms. The van der Waals surface area contributed by atoms with Crippen molar-refractivity contribution in [3.63, 3.8) is 0 Å². The summed E-state index contributed by atoms with van der Waals surface area (Å²) in [6, 6.07) is 12.0. The highest BCUT2D eigenvalue weighted by atomic mass is 32.1. The Morgan fingerprint density at radius 1 is 1.08 bits per heavy atom. The summed E-state index contributed by atoms with van der Waals surface area (Å²) in [5.74, 6) is -0.0378. The molecule has 1 atom stereocenters. The topological polar surface area (TPSA) is 74.8 Å². The average molecular weight is 531 g/mol. The molecule has 1 unspecified atom stereocenters. The Morgan fingerprint density at radius 2 is 1.81 bits per heavy atom. The average Bonchev–Trinajstić information content (AvgIpc) is 3.48. The summed E-state index contributed by atoms with van der Waals surface area (Å²) in [7, 11) is 1.56. The van der Waals surface area contributed by atoms with Gasteiger partial charge in [-0.1, -0.05) is 6.07 Å². The normalized spacial score (nSPS) is 17.5. The van der Waals surface area contributed by atoms with E-state index in [-0.39, 0.29) is 17.7 Å². The summed E-state index contributed by atoms with van der Waals surface area (Å²) >= 11 is 1.38. The second kappa shape index (κ2) is 10.0. The second-order valence-corrected chi connectivity index (χ2v) is 10.0. The summed E-state index contributed by atoms with van der Waals surface area (Å²) in [4.78, 5) is 35.1. The van der Waals surface area contributed by atoms with Gasteiger partial charge in [-0.15, -0.1) is 11.3 Å². The number of carbonyl (C=O) groups excluding carboxylic acids is 2. The maximum Gasteiger partial charge on any atom is 0.416 e. The van der Waals surface area contributed by atoms with Crippen LogP contribution in [0, 0.1) is 0 Å². The largest absolute Gasteiger partial charge is 0.497 e. The molecule has 1 saturated heterocycles. The van der Waals surface area contributed by atoms with E-state index in [4.69, 9.17) is 4.74 Å². The van der Waals surface area contributed by atoms with Crippen molar-refractivity contribution in [3.8, 4) is 5.75 Å². The highest BCUT2D eigenvalue weighted by molar-refractivity contribution is 7.16. The summed E-state index contributed by atoms with van der Waals surface area (Å²) in [6.07, 6.45) is -3.02. The molecule has 2 amide bonds. The van der Waals surface area contributed by atoms with Crippen LogP contribution in [0.4, 0.5) is 24.0 Å². The smallest absolute Gasteiger partial charge is 0.416 e. The van der Waals surface area contributed by atoms with Gasteiger partial charge in [-0.3, -0.25) is 14.9 Å². The van der Waals surface area contributed by atoms with E-state index < -0.39 is 11.7 Å². The van der Waals surface area contributed by atoms with Crippen LogP contribution in [-0.2, 0) is 17.4 Å². The molecule has 194 valence electrons. The third-order valence-corrected chi connectivity index (χ3v) is 7.76. The molecule has 2 aliphatic rings. The van der Waals surface area contributed by atoms with Gasteiger partial charge in [0.2, 0.25) is 5.91 Å². The zero-order valence-corrected chi connectivity index (χ0v) is 20.9. The fourth-order valence-corrected chi connectivity index (χ4v) is 5.75. The quantitative estimate of drug-likeness (QED) is 0.513. The van der Waals surface area contributed by atoms with E-state index in [1.54, 1.807) is 42.3 Å². The van der Waals surface area contributed by atoms with Crippen LogP contribution in [0.2, 0.25) is 0 Å². The van der Waals surface area contributed by atoms with Gasteiger partial charge in [0.05, 0.1) is 24.3 Å². The van der Waals surface area contributed by atoms with E-state index in [1.807, 2.05) is 4.90 Å². The number of piperazine rings is 1. The lowest BCUT2D eigenvalue weighted by molar-refractivity contribution is -0.137. The second-order valence-electron chi connectivity index (χ2n) is 8.96. The summed E-state index contributed by atoms with van der Waals surface area (Å²) in [5.41, 5.74) is 1.00. The van der Waals surface area contributed by atoms with Gasteiger partial charge in [-0.05, 0) is 55.3 Å². The maximum atomic E-state index is 13.3. The van der Waals surface area contributed by atoms with E-state index >= 15 is 0 Å². The number of nitrogens with zero attached hydrogens (tertiary/aromatic N) is 3. The Morgan fingerprint density at radius 3 is 2.49 bits per heavy atom. The van der Waals surface area contributed by atoms with E-state index in [0.29, 0.717) is 66.8 Å². The number of alkyl halides is 3. The molecule has 3 aromatic rings. The van der Waals surface area contributed by atoms with Crippen LogP contribution >= 0.6 is 11.3 Å². The molecule has 1 aliphatic carbocycles. The molecule has 1 aliphatic heterocycles. The van der Waals surface area contributed by atoms with Crippen molar-refractivity contribution >= 4 is 34.0 Å². The third kappa shape index (κ3) is 5.27. The van der Waals surface area contributed by atoms with E-state index in [0.717, 1.165) is 17.0 Å². The number of hydrogen-bond donors (Lipinski definition) is 1. The maximum absolute atomic E-state index is 13.3. The number of ether oxygens (including phenoxy) is 1. The number of nitrogens with one attached hydrogen (secondary N) is 1. The van der Waals surface area contributed by atoms with Crippen molar-refractivity contribution in [2.75, 3.05) is 43.5 Å². The number of hydrogen-bond acceptors (Lipinski definition) is 6. The van der Waals surface area contributed by atoms with E-state index in [1.165, 1.54) is 17.4 Å². The van der Waals surface area contributed by atoms with Crippen molar-refractivity contribution in [1.29, 1.82) is 0 Å². The summed E-state index contributed by atoms with van der Waals surface area (Å²) in [5, 5.41) is 3.28. The van der Waals surface area contributed by atoms with Gasteiger partial charge in [0, 0.05) is 42.3 Å². The number of aromatic nitrogens is 1. The first-order valence-electron chi connectivity index (χ1n) is 11.9. The lowest BCUT2D eigenvalue weighted by atomic mass is 10.0. The van der Waals surface area contributed by atoms with Gasteiger partial charge in [-0.25, -0.2) is 4.98 Å². The molecule has 0 saturated carbocycles. The fourth-order valence-electron chi connectivity index (χ4n) is 4.72. The minimum atomic E-state index is -4.39. The van der Waals surface area contributed by atoms with Crippen LogP contribution in [0.25, 0.3) is 0 Å². The lowest BCUT2D eigenvalue weighted by Crippen LogP contribution is -2.50. The van der Waals surface area contributed by atoms with Gasteiger partial charge in [0.25, 0.3) is 5.91 Å². The van der Waals surface area contributed by atoms with Gasteiger partial charge < -0.3 is 14.5 Å². The van der Waals surface area contributed by atoms with Gasteiger partial charge in [-0.2, -0.15) is 13.2 Å². The standard InChI is InChI=1S/C26H25F3N4O3S/c1-36-19-7-5-16(6-8-19)23(34)31-25-30-22-20(9-10-21(22)37-25)24(35)33-13-11-32(12-14-33)18-4-2-3-17(15-18)26(27,28)29/h2-8,15,20H,9-14H2,1H3,(H,30,31,34). The lowest BCUT2D eigenvalue weighted by Gasteiger charge is -2.37. The fraction of sp³-hybridized carbons (Fsp3) is 0.346. The minimum Gasteiger partial charge on any atom is -0.497 e. The number of aryl methyl sites for hydroxylation is 1. The number of anilines is 2. The molecule has 0 radical (unpaired) electrons. The molecule has 1 N–H and O–H groups in total. The third-order valence-electron chi connectivity index (χ3n) is 6.72. The van der Waals surface area contributed by atoms with Crippen molar-refractivity contribution in [3.05, 3.63) is 70.2 Å². The first-order valence-corrected chi connectivity index (χ1v) is 12.7. The number of halogens is 3. The molecule has 37 heavy (non-hydrogen) atoms. The van der Waals surface area contributed by atoms with Crippen LogP contribution in [0.5, 0.6) is 5.75 Å². The highest BCUT2D eigenvalue weighted by Gasteiger charge is 2.37. The van der Waals surface area contributed by atoms with Crippen molar-refractivity contribution < 1.29 is 27.5 Å². The number of carbonyl (C=O) groups is 2. The Labute approximate surface area is 215 Å². The molecule has 0 spiro atoms. The molecule has 2 heterocycles. The zero-order chi connectivity index (χ0) is 26.2. The molecular formula is C26H25F3N4O3S. The van der Waals surface area contributed by atoms with Crippen LogP contribution in [-0.4, -0.2) is 55.0 Å². The number of rotatable bonds is 5. The first kappa shape index (κ1) is 25.1. The van der Waals surface area contributed by atoms with Gasteiger partial charge in [0.1, 0.15) is 5.75 Å². The van der Waals surface area contributed by atoms with Gasteiger partial charge in [0.15, 0.2) is 5.13 Å². The predicted molar refractivity (Wildman–Crippen MR) is 134 cm³/mol. The molecular weight excluding hydrogens is 505 g/mol. The van der Waals surface area contributed by atoms with E-state index in [9.17, 15) is 22.8 Å². The van der Waals surface area contributed by atoms with Crippen LogP contribution in [0.15, 0.2) is 48.5 Å². The first-order chi connectivity index (χ1) is 17.7. The monoisotopic (exact) mass is 530 g/mol. The molecule has 7 nitrogen and oxygen atoms in total. The number of fused-ring (bicyclic) bond motifs is 1. The summed E-state index contributed by atoms with van der Waals surface area (Å²) < 4.78 is 44.4. The molecule has 5 rings (SSSR count). The van der Waals surface area contributed by atoms with Crippen molar-refractivity contribution in [2.24, 2.45) is 0 Å². The number of methoxy groups -OCH3 is 1. The van der Waals surface area contributed by atoms with Crippen LogP contribution < -0.4 is 15.0 Å². The molecule has 0 bridgehead atoms. The number of thiazole rings is 1. The Bertz CT molecular complexity index is 1300. The van der Waals surface area contributed by atoms with E-state index in [2.05, 4.69) is 10.3 Å². The van der Waals surface area contributed by atoms with Crippen molar-refractivity contribution in [2.45, 2.75) is 24.9 Å². The SMILES string of the molecule is COc1ccc(C(=O)Nc2nc3c(s2)CCC3C(=O)N2CCN(c3cccc(C(F)(F)F)c3)CC2)cc1. The van der Waals surface area contributed by atoms with Gasteiger partial charge >= 0.3 is 6.18 Å². The Balaban J connectivity index is 1.21.